The second kappa shape index (κ2) is 3.59. The smallest absolute Gasteiger partial charge is 0.209 e. The summed E-state index contributed by atoms with van der Waals surface area (Å²) < 4.78 is 23.6. The van der Waals surface area contributed by atoms with Crippen LogP contribution in [0.1, 0.15) is 5.69 Å². The Balaban J connectivity index is 2.56. The van der Waals surface area contributed by atoms with E-state index in [4.69, 9.17) is 0 Å². The molecule has 0 aliphatic rings. The van der Waals surface area contributed by atoms with E-state index in [0.29, 0.717) is 5.69 Å². The average Bonchev–Trinajstić information content (AvgIpc) is 2.02. The van der Waals surface area contributed by atoms with Gasteiger partial charge in [0, 0.05) is 18.6 Å². The molecule has 0 aliphatic carbocycles. The summed E-state index contributed by atoms with van der Waals surface area (Å²) in [5.41, 5.74) is 0.600. The van der Waals surface area contributed by atoms with Crippen LogP contribution >= 0.6 is 0 Å². The van der Waals surface area contributed by atoms with Crippen LogP contribution in [0.4, 0.5) is 0 Å². The minimum Gasteiger partial charge on any atom is -0.261 e. The molecule has 0 fully saturated rings. The van der Waals surface area contributed by atoms with Gasteiger partial charge in [-0.1, -0.05) is 0 Å². The van der Waals surface area contributed by atoms with Crippen LogP contribution in [0.3, 0.4) is 0 Å². The summed E-state index contributed by atoms with van der Waals surface area (Å²) in [5.74, 6) is 0. The summed E-state index contributed by atoms with van der Waals surface area (Å²) in [6.07, 6.45) is 5.66. The number of aromatic nitrogens is 2. The van der Waals surface area contributed by atoms with E-state index in [9.17, 15) is 8.42 Å². The first-order valence-electron chi connectivity index (χ1n) is 3.27. The Hall–Kier alpha value is -1.01. The van der Waals surface area contributed by atoms with Crippen molar-refractivity contribution in [1.29, 1.82) is 0 Å². The van der Waals surface area contributed by atoms with Crippen molar-refractivity contribution >= 4 is 10.0 Å². The van der Waals surface area contributed by atoms with E-state index in [0.717, 1.165) is 6.26 Å². The van der Waals surface area contributed by atoms with Gasteiger partial charge in [0.15, 0.2) is 0 Å². The Morgan fingerprint density at radius 1 is 1.50 bits per heavy atom. The van der Waals surface area contributed by atoms with E-state index in [1.54, 1.807) is 0 Å². The summed E-state index contributed by atoms with van der Waals surface area (Å²) in [4.78, 5) is 7.68. The molecule has 0 unspecified atom stereocenters. The van der Waals surface area contributed by atoms with Gasteiger partial charge in [0.05, 0.1) is 18.5 Å². The number of rotatable bonds is 3. The van der Waals surface area contributed by atoms with Crippen LogP contribution < -0.4 is 4.72 Å². The molecule has 0 atom stereocenters. The third-order valence-corrected chi connectivity index (χ3v) is 1.80. The van der Waals surface area contributed by atoms with Crippen molar-refractivity contribution in [2.24, 2.45) is 0 Å². The van der Waals surface area contributed by atoms with Gasteiger partial charge in [-0.05, 0) is 0 Å². The van der Waals surface area contributed by atoms with Crippen molar-refractivity contribution < 1.29 is 8.42 Å². The Morgan fingerprint density at radius 3 is 2.75 bits per heavy atom. The molecule has 0 radical (unpaired) electrons. The number of sulfonamides is 1. The van der Waals surface area contributed by atoms with Crippen LogP contribution in [-0.4, -0.2) is 24.6 Å². The van der Waals surface area contributed by atoms with Gasteiger partial charge >= 0.3 is 0 Å². The predicted octanol–water partition coefficient (Wildman–Crippen LogP) is -0.474. The Kier molecular flexibility index (Phi) is 2.72. The van der Waals surface area contributed by atoms with Gasteiger partial charge in [-0.25, -0.2) is 13.1 Å². The molecule has 12 heavy (non-hydrogen) atoms. The number of hydrogen-bond donors (Lipinski definition) is 1. The predicted molar refractivity (Wildman–Crippen MR) is 43.7 cm³/mol. The molecule has 0 spiro atoms. The standard InChI is InChI=1S/C6H9N3O2S/c1-12(10,11)9-5-6-4-7-2-3-8-6/h2-4,9H,5H2,1H3. The third-order valence-electron chi connectivity index (χ3n) is 1.13. The summed E-state index contributed by atoms with van der Waals surface area (Å²) in [6.45, 7) is 0.187. The molecule has 1 aromatic heterocycles. The number of nitrogens with zero attached hydrogens (tertiary/aromatic N) is 2. The molecule has 1 aromatic rings. The highest BCUT2D eigenvalue weighted by atomic mass is 32.2. The summed E-state index contributed by atoms with van der Waals surface area (Å²) in [7, 11) is -3.14. The van der Waals surface area contributed by atoms with Gasteiger partial charge in [-0.3, -0.25) is 9.97 Å². The van der Waals surface area contributed by atoms with E-state index in [1.807, 2.05) is 0 Å². The molecule has 1 N–H and O–H groups in total. The largest absolute Gasteiger partial charge is 0.261 e. The SMILES string of the molecule is CS(=O)(=O)NCc1cnccn1. The molecule has 66 valence electrons. The quantitative estimate of drug-likeness (QED) is 0.694. The molecular formula is C6H9N3O2S. The zero-order chi connectivity index (χ0) is 9.03. The van der Waals surface area contributed by atoms with Gasteiger partial charge < -0.3 is 0 Å². The van der Waals surface area contributed by atoms with Crippen molar-refractivity contribution in [1.82, 2.24) is 14.7 Å². The van der Waals surface area contributed by atoms with Gasteiger partial charge in [-0.2, -0.15) is 0 Å². The van der Waals surface area contributed by atoms with Gasteiger partial charge in [0.1, 0.15) is 0 Å². The lowest BCUT2D eigenvalue weighted by molar-refractivity contribution is 0.586. The van der Waals surface area contributed by atoms with Crippen molar-refractivity contribution in [2.45, 2.75) is 6.54 Å². The van der Waals surface area contributed by atoms with E-state index >= 15 is 0 Å². The molecule has 0 saturated carbocycles. The molecule has 6 heteroatoms. The normalized spacial score (nSPS) is 11.4. The fourth-order valence-corrected chi connectivity index (χ4v) is 1.04. The Morgan fingerprint density at radius 2 is 2.25 bits per heavy atom. The molecule has 0 aromatic carbocycles. The molecule has 1 heterocycles. The van der Waals surface area contributed by atoms with Gasteiger partial charge in [0.25, 0.3) is 0 Å². The van der Waals surface area contributed by atoms with Crippen LogP contribution in [0, 0.1) is 0 Å². The molecule has 0 amide bonds. The maximum Gasteiger partial charge on any atom is 0.209 e. The highest BCUT2D eigenvalue weighted by Gasteiger charge is 2.00. The first kappa shape index (κ1) is 9.08. The Bertz CT molecular complexity index is 335. The monoisotopic (exact) mass is 187 g/mol. The second-order valence-electron chi connectivity index (χ2n) is 2.29. The van der Waals surface area contributed by atoms with Crippen molar-refractivity contribution in [2.75, 3.05) is 6.26 Å². The molecule has 0 bridgehead atoms. The van der Waals surface area contributed by atoms with Crippen LogP contribution in [0.5, 0.6) is 0 Å². The fourth-order valence-electron chi connectivity index (χ4n) is 0.626. The van der Waals surface area contributed by atoms with E-state index in [-0.39, 0.29) is 6.54 Å². The highest BCUT2D eigenvalue weighted by Crippen LogP contribution is 1.89. The van der Waals surface area contributed by atoms with Crippen LogP contribution in [0.15, 0.2) is 18.6 Å². The maximum atomic E-state index is 10.6. The van der Waals surface area contributed by atoms with E-state index in [2.05, 4.69) is 14.7 Å². The minimum absolute atomic E-state index is 0.187. The lowest BCUT2D eigenvalue weighted by atomic mass is 10.5. The molecule has 5 nitrogen and oxygen atoms in total. The lowest BCUT2D eigenvalue weighted by Gasteiger charge is -1.99. The van der Waals surface area contributed by atoms with Crippen molar-refractivity contribution in [3.8, 4) is 0 Å². The van der Waals surface area contributed by atoms with Crippen LogP contribution in [0.25, 0.3) is 0 Å². The highest BCUT2D eigenvalue weighted by molar-refractivity contribution is 7.88. The second-order valence-corrected chi connectivity index (χ2v) is 4.12. The maximum absolute atomic E-state index is 10.6. The summed E-state index contributed by atoms with van der Waals surface area (Å²) >= 11 is 0. The lowest BCUT2D eigenvalue weighted by Crippen LogP contribution is -2.21. The van der Waals surface area contributed by atoms with Crippen LogP contribution in [0.2, 0.25) is 0 Å². The number of nitrogens with one attached hydrogen (secondary N) is 1. The number of hydrogen-bond acceptors (Lipinski definition) is 4. The van der Waals surface area contributed by atoms with Gasteiger partial charge in [0.2, 0.25) is 10.0 Å². The fraction of sp³-hybridized carbons (Fsp3) is 0.333. The van der Waals surface area contributed by atoms with E-state index in [1.165, 1.54) is 18.6 Å². The minimum atomic E-state index is -3.14. The Labute approximate surface area is 70.9 Å². The van der Waals surface area contributed by atoms with Crippen LogP contribution in [-0.2, 0) is 16.6 Å². The zero-order valence-corrected chi connectivity index (χ0v) is 7.37. The molecule has 1 rings (SSSR count). The van der Waals surface area contributed by atoms with Crippen molar-refractivity contribution in [3.05, 3.63) is 24.3 Å². The van der Waals surface area contributed by atoms with Crippen molar-refractivity contribution in [3.63, 3.8) is 0 Å². The first-order chi connectivity index (χ1) is 5.58. The topological polar surface area (TPSA) is 72.0 Å². The van der Waals surface area contributed by atoms with Gasteiger partial charge in [-0.15, -0.1) is 0 Å². The zero-order valence-electron chi connectivity index (χ0n) is 6.56. The van der Waals surface area contributed by atoms with E-state index < -0.39 is 10.0 Å². The molecule has 0 saturated heterocycles. The summed E-state index contributed by atoms with van der Waals surface area (Å²) in [5, 5.41) is 0. The molecular weight excluding hydrogens is 178 g/mol. The summed E-state index contributed by atoms with van der Waals surface area (Å²) in [6, 6.07) is 0. The molecule has 0 aliphatic heterocycles. The average molecular weight is 187 g/mol. The third kappa shape index (κ3) is 3.40. The first-order valence-corrected chi connectivity index (χ1v) is 5.16.